The van der Waals surface area contributed by atoms with Crippen molar-refractivity contribution in [3.63, 3.8) is 0 Å². The maximum atomic E-state index is 12.4. The molecule has 0 atom stereocenters. The van der Waals surface area contributed by atoms with E-state index in [1.165, 1.54) is 0 Å². The van der Waals surface area contributed by atoms with E-state index in [-0.39, 0.29) is 12.6 Å². The van der Waals surface area contributed by atoms with Crippen LogP contribution in [0.2, 0.25) is 0 Å². The van der Waals surface area contributed by atoms with Crippen LogP contribution in [0.15, 0.2) is 36.5 Å². The molecule has 0 aliphatic carbocycles. The summed E-state index contributed by atoms with van der Waals surface area (Å²) in [4.78, 5) is 6.95. The lowest BCUT2D eigenvalue weighted by Crippen LogP contribution is -2.11. The van der Waals surface area contributed by atoms with Crippen molar-refractivity contribution in [3.8, 4) is 6.01 Å². The third-order valence-electron chi connectivity index (χ3n) is 2.58. The van der Waals surface area contributed by atoms with Gasteiger partial charge in [0.25, 0.3) is 0 Å². The lowest BCUT2D eigenvalue weighted by Gasteiger charge is -2.08. The normalized spacial score (nSPS) is 11.3. The standard InChI is InChI=1S/C13H12F3N3O/c14-13(15,16)11-5-7-18-12(19-11)20-8-6-9-3-1-2-4-10(9)17/h1-5,7H,6,8,17H2. The summed E-state index contributed by atoms with van der Waals surface area (Å²) in [5.41, 5.74) is 6.19. The van der Waals surface area contributed by atoms with Crippen LogP contribution in [-0.4, -0.2) is 16.6 Å². The largest absolute Gasteiger partial charge is 0.463 e. The van der Waals surface area contributed by atoms with Gasteiger partial charge in [0.05, 0.1) is 6.61 Å². The van der Waals surface area contributed by atoms with Gasteiger partial charge in [-0.3, -0.25) is 0 Å². The first-order valence-electron chi connectivity index (χ1n) is 5.83. The van der Waals surface area contributed by atoms with E-state index >= 15 is 0 Å². The van der Waals surface area contributed by atoms with Gasteiger partial charge < -0.3 is 10.5 Å². The van der Waals surface area contributed by atoms with E-state index in [1.54, 1.807) is 12.1 Å². The highest BCUT2D eigenvalue weighted by molar-refractivity contribution is 5.46. The third kappa shape index (κ3) is 3.59. The summed E-state index contributed by atoms with van der Waals surface area (Å²) in [5, 5.41) is 0. The summed E-state index contributed by atoms with van der Waals surface area (Å²) >= 11 is 0. The first kappa shape index (κ1) is 14.1. The molecule has 7 heteroatoms. The number of alkyl halides is 3. The molecule has 1 aromatic heterocycles. The monoisotopic (exact) mass is 283 g/mol. The molecule has 0 radical (unpaired) electrons. The fourth-order valence-corrected chi connectivity index (χ4v) is 1.58. The molecular weight excluding hydrogens is 271 g/mol. The van der Waals surface area contributed by atoms with E-state index < -0.39 is 11.9 Å². The summed E-state index contributed by atoms with van der Waals surface area (Å²) in [7, 11) is 0. The zero-order valence-electron chi connectivity index (χ0n) is 10.4. The van der Waals surface area contributed by atoms with E-state index in [1.807, 2.05) is 12.1 Å². The zero-order chi connectivity index (χ0) is 14.6. The summed E-state index contributed by atoms with van der Waals surface area (Å²) < 4.78 is 42.5. The van der Waals surface area contributed by atoms with Crippen molar-refractivity contribution in [1.29, 1.82) is 0 Å². The van der Waals surface area contributed by atoms with Crippen LogP contribution in [0.5, 0.6) is 6.01 Å². The quantitative estimate of drug-likeness (QED) is 0.876. The van der Waals surface area contributed by atoms with Crippen LogP contribution in [0.25, 0.3) is 0 Å². The van der Waals surface area contributed by atoms with Crippen LogP contribution in [-0.2, 0) is 12.6 Å². The highest BCUT2D eigenvalue weighted by Gasteiger charge is 2.32. The molecule has 0 saturated heterocycles. The van der Waals surface area contributed by atoms with Gasteiger partial charge in [-0.2, -0.15) is 18.2 Å². The molecule has 0 unspecified atom stereocenters. The van der Waals surface area contributed by atoms with E-state index in [2.05, 4.69) is 9.97 Å². The molecule has 106 valence electrons. The van der Waals surface area contributed by atoms with E-state index in [4.69, 9.17) is 10.5 Å². The molecule has 0 amide bonds. The molecule has 0 aliphatic rings. The van der Waals surface area contributed by atoms with Gasteiger partial charge in [0.15, 0.2) is 5.69 Å². The van der Waals surface area contributed by atoms with Crippen LogP contribution in [0.3, 0.4) is 0 Å². The zero-order valence-corrected chi connectivity index (χ0v) is 10.4. The van der Waals surface area contributed by atoms with E-state index in [9.17, 15) is 13.2 Å². The Morgan fingerprint density at radius 3 is 2.60 bits per heavy atom. The lowest BCUT2D eigenvalue weighted by atomic mass is 10.1. The minimum Gasteiger partial charge on any atom is -0.463 e. The van der Waals surface area contributed by atoms with Gasteiger partial charge in [-0.15, -0.1) is 0 Å². The molecule has 4 nitrogen and oxygen atoms in total. The fourth-order valence-electron chi connectivity index (χ4n) is 1.58. The molecule has 1 heterocycles. The van der Waals surface area contributed by atoms with Crippen molar-refractivity contribution in [2.75, 3.05) is 12.3 Å². The van der Waals surface area contributed by atoms with Gasteiger partial charge in [0.2, 0.25) is 0 Å². The van der Waals surface area contributed by atoms with Crippen molar-refractivity contribution in [2.24, 2.45) is 0 Å². The smallest absolute Gasteiger partial charge is 0.433 e. The molecule has 0 spiro atoms. The maximum Gasteiger partial charge on any atom is 0.433 e. The number of ether oxygens (including phenoxy) is 1. The van der Waals surface area contributed by atoms with Gasteiger partial charge in [-0.05, 0) is 17.7 Å². The second kappa shape index (κ2) is 5.77. The fraction of sp³-hybridized carbons (Fsp3) is 0.231. The second-order valence-electron chi connectivity index (χ2n) is 4.02. The van der Waals surface area contributed by atoms with Crippen molar-refractivity contribution in [1.82, 2.24) is 9.97 Å². The summed E-state index contributed by atoms with van der Waals surface area (Å²) in [6, 6.07) is 7.70. The summed E-state index contributed by atoms with van der Waals surface area (Å²) in [6.07, 6.45) is -3.03. The number of nitrogen functional groups attached to an aromatic ring is 1. The highest BCUT2D eigenvalue weighted by Crippen LogP contribution is 2.27. The molecule has 1 aromatic carbocycles. The van der Waals surface area contributed by atoms with Crippen LogP contribution in [0.4, 0.5) is 18.9 Å². The van der Waals surface area contributed by atoms with Gasteiger partial charge in [0, 0.05) is 18.3 Å². The molecule has 0 bridgehead atoms. The number of aromatic nitrogens is 2. The predicted molar refractivity (Wildman–Crippen MR) is 67.1 cm³/mol. The Kier molecular flexibility index (Phi) is 4.07. The number of benzene rings is 1. The Labute approximate surface area is 113 Å². The van der Waals surface area contributed by atoms with Crippen molar-refractivity contribution in [2.45, 2.75) is 12.6 Å². The molecule has 0 fully saturated rings. The number of hydrogen-bond donors (Lipinski definition) is 1. The number of anilines is 1. The number of halogens is 3. The molecule has 2 aromatic rings. The third-order valence-corrected chi connectivity index (χ3v) is 2.58. The average Bonchev–Trinajstić information content (AvgIpc) is 2.40. The first-order valence-corrected chi connectivity index (χ1v) is 5.83. The number of para-hydroxylation sites is 1. The van der Waals surface area contributed by atoms with Crippen LogP contribution in [0, 0.1) is 0 Å². The molecular formula is C13H12F3N3O. The summed E-state index contributed by atoms with van der Waals surface area (Å²) in [6.45, 7) is 0.148. The van der Waals surface area contributed by atoms with Crippen LogP contribution in [0.1, 0.15) is 11.3 Å². The van der Waals surface area contributed by atoms with Crippen molar-refractivity contribution >= 4 is 5.69 Å². The number of hydrogen-bond acceptors (Lipinski definition) is 4. The second-order valence-corrected chi connectivity index (χ2v) is 4.02. The lowest BCUT2D eigenvalue weighted by molar-refractivity contribution is -0.141. The Morgan fingerprint density at radius 1 is 1.15 bits per heavy atom. The predicted octanol–water partition coefficient (Wildman–Crippen LogP) is 2.70. The maximum absolute atomic E-state index is 12.4. The first-order chi connectivity index (χ1) is 9.47. The van der Waals surface area contributed by atoms with E-state index in [0.29, 0.717) is 12.1 Å². The van der Waals surface area contributed by atoms with E-state index in [0.717, 1.165) is 17.8 Å². The minimum absolute atomic E-state index is 0.148. The minimum atomic E-state index is -4.51. The van der Waals surface area contributed by atoms with Crippen LogP contribution >= 0.6 is 0 Å². The average molecular weight is 283 g/mol. The Balaban J connectivity index is 1.97. The Bertz CT molecular complexity index is 587. The van der Waals surface area contributed by atoms with Crippen molar-refractivity contribution in [3.05, 3.63) is 47.8 Å². The topological polar surface area (TPSA) is 61.0 Å². The Hall–Kier alpha value is -2.31. The van der Waals surface area contributed by atoms with Gasteiger partial charge in [-0.1, -0.05) is 18.2 Å². The molecule has 2 N–H and O–H groups in total. The molecule has 2 rings (SSSR count). The van der Waals surface area contributed by atoms with Crippen LogP contribution < -0.4 is 10.5 Å². The highest BCUT2D eigenvalue weighted by atomic mass is 19.4. The van der Waals surface area contributed by atoms with Gasteiger partial charge in [-0.25, -0.2) is 4.98 Å². The number of rotatable bonds is 4. The molecule has 0 saturated carbocycles. The van der Waals surface area contributed by atoms with Gasteiger partial charge in [0.1, 0.15) is 0 Å². The van der Waals surface area contributed by atoms with Gasteiger partial charge >= 0.3 is 12.2 Å². The number of nitrogens with zero attached hydrogens (tertiary/aromatic N) is 2. The Morgan fingerprint density at radius 2 is 1.90 bits per heavy atom. The summed E-state index contributed by atoms with van der Waals surface area (Å²) in [5.74, 6) is 0. The molecule has 20 heavy (non-hydrogen) atoms. The van der Waals surface area contributed by atoms with Crippen molar-refractivity contribution < 1.29 is 17.9 Å². The molecule has 0 aliphatic heterocycles. The number of nitrogens with two attached hydrogens (primary N) is 1. The SMILES string of the molecule is Nc1ccccc1CCOc1nccc(C(F)(F)F)n1.